The third kappa shape index (κ3) is 3.57. The number of nitrogens with zero attached hydrogens (tertiary/aromatic N) is 1. The fraction of sp³-hybridized carbons (Fsp3) is 0.200. The number of hydrogen-bond donors (Lipinski definition) is 3. The van der Waals surface area contributed by atoms with E-state index in [1.807, 2.05) is 49.4 Å². The van der Waals surface area contributed by atoms with E-state index in [-0.39, 0.29) is 0 Å². The number of H-pyrrole nitrogens is 1. The van der Waals surface area contributed by atoms with Gasteiger partial charge in [0.2, 0.25) is 0 Å². The number of para-hydroxylation sites is 1. The number of fused-ring (bicyclic) bond motifs is 1. The maximum absolute atomic E-state index is 12.5. The Bertz CT molecular complexity index is 953. The largest absolute Gasteiger partial charge is 0.489 e. The van der Waals surface area contributed by atoms with E-state index in [0.717, 1.165) is 23.2 Å². The highest BCUT2D eigenvalue weighted by Crippen LogP contribution is 2.37. The lowest BCUT2D eigenvalue weighted by molar-refractivity contribution is 0.261. The number of aromatic nitrogens is 2. The molecule has 7 heteroatoms. The van der Waals surface area contributed by atoms with Crippen molar-refractivity contribution in [1.82, 2.24) is 10.2 Å². The predicted molar refractivity (Wildman–Crippen MR) is 103 cm³/mol. The fourth-order valence-corrected chi connectivity index (χ4v) is 2.96. The molecule has 0 atom stereocenters. The molecule has 4 rings (SSSR count). The molecule has 1 aliphatic heterocycles. The Morgan fingerprint density at radius 1 is 1.04 bits per heavy atom. The van der Waals surface area contributed by atoms with Gasteiger partial charge in [0.25, 0.3) is 0 Å². The molecule has 1 aliphatic rings. The average Bonchev–Trinajstić information content (AvgIpc) is 2.89. The smallest absolute Gasteiger partial charge is 0.325 e. The first-order valence-electron chi connectivity index (χ1n) is 8.79. The minimum atomic E-state index is -0.398. The average molecular weight is 364 g/mol. The van der Waals surface area contributed by atoms with Gasteiger partial charge in [-0.15, -0.1) is 0 Å². The molecule has 1 aromatic heterocycles. The van der Waals surface area contributed by atoms with Gasteiger partial charge >= 0.3 is 6.03 Å². The number of benzene rings is 2. The molecule has 2 heterocycles. The summed E-state index contributed by atoms with van der Waals surface area (Å²) in [7, 11) is 0. The van der Waals surface area contributed by atoms with Crippen LogP contribution in [0.2, 0.25) is 0 Å². The lowest BCUT2D eigenvalue weighted by atomic mass is 10.1. The first-order chi connectivity index (χ1) is 13.2. The highest BCUT2D eigenvalue weighted by atomic mass is 16.5. The Labute approximate surface area is 156 Å². The summed E-state index contributed by atoms with van der Waals surface area (Å²) in [6.07, 6.45) is 0.801. The number of ether oxygens (including phenoxy) is 2. The number of amides is 2. The van der Waals surface area contributed by atoms with Crippen LogP contribution in [-0.2, 0) is 0 Å². The molecule has 3 aromatic rings. The maximum atomic E-state index is 12.5. The van der Waals surface area contributed by atoms with Crippen LogP contribution in [0.25, 0.3) is 11.3 Å². The van der Waals surface area contributed by atoms with Crippen LogP contribution in [0.3, 0.4) is 0 Å². The lowest BCUT2D eigenvalue weighted by Gasteiger charge is -2.13. The summed E-state index contributed by atoms with van der Waals surface area (Å²) in [6, 6.07) is 14.9. The highest BCUT2D eigenvalue weighted by molar-refractivity contribution is 6.01. The van der Waals surface area contributed by atoms with E-state index in [9.17, 15) is 4.79 Å². The third-order valence-electron chi connectivity index (χ3n) is 4.32. The van der Waals surface area contributed by atoms with Crippen molar-refractivity contribution in [2.24, 2.45) is 0 Å². The van der Waals surface area contributed by atoms with Gasteiger partial charge in [0.1, 0.15) is 0 Å². The normalized spacial score (nSPS) is 12.9. The number of carbonyl (C=O) groups is 1. The summed E-state index contributed by atoms with van der Waals surface area (Å²) in [5, 5.41) is 12.8. The van der Waals surface area contributed by atoms with E-state index in [2.05, 4.69) is 20.8 Å². The first-order valence-corrected chi connectivity index (χ1v) is 8.79. The van der Waals surface area contributed by atoms with Crippen molar-refractivity contribution in [1.29, 1.82) is 0 Å². The van der Waals surface area contributed by atoms with Crippen LogP contribution in [0.5, 0.6) is 11.5 Å². The first kappa shape index (κ1) is 17.0. The van der Waals surface area contributed by atoms with Crippen molar-refractivity contribution >= 4 is 17.5 Å². The zero-order valence-corrected chi connectivity index (χ0v) is 14.9. The Kier molecular flexibility index (Phi) is 4.65. The SMILES string of the molecule is Cc1c(NC(=O)Nc2cccc3c2OCCCO3)n[nH]c1-c1ccccc1. The van der Waals surface area contributed by atoms with E-state index in [1.165, 1.54) is 0 Å². The van der Waals surface area contributed by atoms with Gasteiger partial charge in [-0.3, -0.25) is 10.4 Å². The molecule has 27 heavy (non-hydrogen) atoms. The standard InChI is InChI=1S/C20H20N4O3/c1-13-17(14-7-3-2-4-8-14)23-24-19(13)22-20(25)21-15-9-5-10-16-18(15)27-12-6-11-26-16/h2-5,7-10H,6,11-12H2,1H3,(H3,21,22,23,24,25). The Hall–Kier alpha value is -3.48. The van der Waals surface area contributed by atoms with Gasteiger partial charge in [-0.2, -0.15) is 5.10 Å². The predicted octanol–water partition coefficient (Wildman–Crippen LogP) is 4.19. The quantitative estimate of drug-likeness (QED) is 0.650. The van der Waals surface area contributed by atoms with E-state index in [4.69, 9.17) is 9.47 Å². The van der Waals surface area contributed by atoms with Gasteiger partial charge in [-0.25, -0.2) is 4.79 Å². The van der Waals surface area contributed by atoms with Crippen molar-refractivity contribution in [3.63, 3.8) is 0 Å². The second kappa shape index (κ2) is 7.41. The molecule has 0 saturated carbocycles. The molecule has 3 N–H and O–H groups in total. The summed E-state index contributed by atoms with van der Waals surface area (Å²) in [5.74, 6) is 1.66. The molecule has 0 aliphatic carbocycles. The van der Waals surface area contributed by atoms with Gasteiger partial charge < -0.3 is 14.8 Å². The zero-order valence-electron chi connectivity index (χ0n) is 14.9. The number of aromatic amines is 1. The molecular formula is C20H20N4O3. The van der Waals surface area contributed by atoms with E-state index >= 15 is 0 Å². The van der Waals surface area contributed by atoms with Crippen LogP contribution in [0, 0.1) is 6.92 Å². The Morgan fingerprint density at radius 2 is 1.85 bits per heavy atom. The number of hydrogen-bond acceptors (Lipinski definition) is 4. The molecule has 0 saturated heterocycles. The maximum Gasteiger partial charge on any atom is 0.325 e. The van der Waals surface area contributed by atoms with Gasteiger partial charge in [0.15, 0.2) is 17.3 Å². The Morgan fingerprint density at radius 3 is 2.70 bits per heavy atom. The molecule has 0 spiro atoms. The van der Waals surface area contributed by atoms with Crippen LogP contribution in [-0.4, -0.2) is 29.4 Å². The van der Waals surface area contributed by atoms with E-state index < -0.39 is 6.03 Å². The minimum Gasteiger partial charge on any atom is -0.489 e. The third-order valence-corrected chi connectivity index (χ3v) is 4.32. The van der Waals surface area contributed by atoms with Crippen LogP contribution in [0.1, 0.15) is 12.0 Å². The number of nitrogens with one attached hydrogen (secondary N) is 3. The second-order valence-corrected chi connectivity index (χ2v) is 6.20. The number of anilines is 2. The van der Waals surface area contributed by atoms with Gasteiger partial charge in [-0.1, -0.05) is 36.4 Å². The Balaban J connectivity index is 1.50. The van der Waals surface area contributed by atoms with Crippen LogP contribution >= 0.6 is 0 Å². The van der Waals surface area contributed by atoms with E-state index in [0.29, 0.717) is 36.2 Å². The van der Waals surface area contributed by atoms with Gasteiger partial charge in [0.05, 0.1) is 24.6 Å². The number of urea groups is 1. The van der Waals surface area contributed by atoms with Crippen LogP contribution in [0.15, 0.2) is 48.5 Å². The lowest BCUT2D eigenvalue weighted by Crippen LogP contribution is -2.20. The second-order valence-electron chi connectivity index (χ2n) is 6.20. The van der Waals surface area contributed by atoms with Crippen molar-refractivity contribution in [2.75, 3.05) is 23.8 Å². The van der Waals surface area contributed by atoms with Crippen molar-refractivity contribution < 1.29 is 14.3 Å². The molecule has 0 radical (unpaired) electrons. The fourth-order valence-electron chi connectivity index (χ4n) is 2.96. The van der Waals surface area contributed by atoms with Crippen molar-refractivity contribution in [2.45, 2.75) is 13.3 Å². The molecule has 2 amide bonds. The molecule has 0 unspecified atom stereocenters. The topological polar surface area (TPSA) is 88.3 Å². The molecule has 2 aromatic carbocycles. The van der Waals surface area contributed by atoms with Gasteiger partial charge in [-0.05, 0) is 24.6 Å². The molecule has 0 bridgehead atoms. The monoisotopic (exact) mass is 364 g/mol. The molecular weight excluding hydrogens is 344 g/mol. The summed E-state index contributed by atoms with van der Waals surface area (Å²) in [4.78, 5) is 12.5. The summed E-state index contributed by atoms with van der Waals surface area (Å²) in [6.45, 7) is 3.05. The summed E-state index contributed by atoms with van der Waals surface area (Å²) in [5.41, 5.74) is 3.30. The van der Waals surface area contributed by atoms with Crippen LogP contribution < -0.4 is 20.1 Å². The highest BCUT2D eigenvalue weighted by Gasteiger charge is 2.18. The minimum absolute atomic E-state index is 0.398. The van der Waals surface area contributed by atoms with E-state index in [1.54, 1.807) is 6.07 Å². The summed E-state index contributed by atoms with van der Waals surface area (Å²) < 4.78 is 11.4. The molecule has 0 fully saturated rings. The zero-order chi connectivity index (χ0) is 18.6. The van der Waals surface area contributed by atoms with Crippen molar-refractivity contribution in [3.8, 4) is 22.8 Å². The van der Waals surface area contributed by atoms with Crippen LogP contribution in [0.4, 0.5) is 16.3 Å². The number of carbonyl (C=O) groups excluding carboxylic acids is 1. The number of rotatable bonds is 3. The van der Waals surface area contributed by atoms with Gasteiger partial charge in [0, 0.05) is 12.0 Å². The molecule has 138 valence electrons. The molecule has 7 nitrogen and oxygen atoms in total. The van der Waals surface area contributed by atoms with Crippen molar-refractivity contribution in [3.05, 3.63) is 54.1 Å². The summed E-state index contributed by atoms with van der Waals surface area (Å²) >= 11 is 0.